The quantitative estimate of drug-likeness (QED) is 0.537. The summed E-state index contributed by atoms with van der Waals surface area (Å²) >= 11 is 4.99. The van der Waals surface area contributed by atoms with E-state index in [0.29, 0.717) is 6.42 Å². The van der Waals surface area contributed by atoms with Gasteiger partial charge in [-0.15, -0.1) is 0 Å². The van der Waals surface area contributed by atoms with Gasteiger partial charge in [-0.05, 0) is 12.2 Å². The lowest BCUT2D eigenvalue weighted by molar-refractivity contribution is -0.138. The highest BCUT2D eigenvalue weighted by Crippen LogP contribution is 2.04. The second-order valence-electron chi connectivity index (χ2n) is 2.03. The van der Waals surface area contributed by atoms with Gasteiger partial charge in [0.05, 0.1) is 0 Å². The predicted molar refractivity (Wildman–Crippen MR) is 51.3 cm³/mol. The fourth-order valence-corrected chi connectivity index (χ4v) is 1.91. The number of hydrogen-bond donors (Lipinski definition) is 2. The third kappa shape index (κ3) is 6.65. The number of alkyl halides is 1. The molecule has 0 aromatic rings. The summed E-state index contributed by atoms with van der Waals surface area (Å²) in [6, 6.07) is -0.696. The van der Waals surface area contributed by atoms with Gasteiger partial charge in [0.1, 0.15) is 6.04 Å². The molecule has 11 heavy (non-hydrogen) atoms. The van der Waals surface area contributed by atoms with E-state index in [1.165, 1.54) is 0 Å². The topological polar surface area (TPSA) is 63.3 Å². The van der Waals surface area contributed by atoms with E-state index in [1.807, 2.05) is 0 Å². The molecule has 0 aliphatic rings. The minimum atomic E-state index is -0.913. The molecule has 0 aliphatic carbocycles. The molecule has 0 amide bonds. The summed E-state index contributed by atoms with van der Waals surface area (Å²) in [4.78, 5) is 10.2. The highest BCUT2D eigenvalue weighted by Gasteiger charge is 2.09. The molecule has 0 bridgehead atoms. The first-order chi connectivity index (χ1) is 5.18. The Balaban J connectivity index is 3.17. The molecule has 0 saturated heterocycles. The van der Waals surface area contributed by atoms with E-state index in [9.17, 15) is 4.79 Å². The first-order valence-electron chi connectivity index (χ1n) is 3.30. The summed E-state index contributed by atoms with van der Waals surface area (Å²) in [5.41, 5.74) is 5.27. The van der Waals surface area contributed by atoms with Gasteiger partial charge >= 0.3 is 5.97 Å². The lowest BCUT2D eigenvalue weighted by Gasteiger charge is -2.04. The van der Waals surface area contributed by atoms with Gasteiger partial charge in [-0.1, -0.05) is 15.9 Å². The van der Waals surface area contributed by atoms with Crippen LogP contribution in [0, 0.1) is 0 Å². The molecule has 0 aliphatic heterocycles. The first kappa shape index (κ1) is 11.3. The number of carbonyl (C=O) groups is 1. The number of aliphatic carboxylic acids is 1. The van der Waals surface area contributed by atoms with Crippen LogP contribution in [0.5, 0.6) is 0 Å². The monoisotopic (exact) mass is 241 g/mol. The van der Waals surface area contributed by atoms with Crippen molar-refractivity contribution in [1.82, 2.24) is 0 Å². The van der Waals surface area contributed by atoms with Crippen molar-refractivity contribution in [3.05, 3.63) is 0 Å². The van der Waals surface area contributed by atoms with Gasteiger partial charge in [0.2, 0.25) is 0 Å². The van der Waals surface area contributed by atoms with Crippen LogP contribution in [0.1, 0.15) is 6.42 Å². The molecule has 0 heterocycles. The molecule has 0 fully saturated rings. The van der Waals surface area contributed by atoms with Crippen molar-refractivity contribution in [2.24, 2.45) is 5.73 Å². The van der Waals surface area contributed by atoms with Crippen LogP contribution >= 0.6 is 27.7 Å². The third-order valence-corrected chi connectivity index (χ3v) is 3.05. The van der Waals surface area contributed by atoms with Crippen LogP contribution < -0.4 is 5.73 Å². The minimum Gasteiger partial charge on any atom is -0.480 e. The van der Waals surface area contributed by atoms with E-state index in [0.717, 1.165) is 16.8 Å². The second kappa shape index (κ2) is 6.94. The number of nitrogens with two attached hydrogens (primary N) is 1. The van der Waals surface area contributed by atoms with Crippen molar-refractivity contribution in [2.45, 2.75) is 12.5 Å². The van der Waals surface area contributed by atoms with Gasteiger partial charge in [-0.3, -0.25) is 4.79 Å². The maximum Gasteiger partial charge on any atom is 0.320 e. The van der Waals surface area contributed by atoms with E-state index in [2.05, 4.69) is 15.9 Å². The molecular formula is C6H12BrNO2S. The lowest BCUT2D eigenvalue weighted by Crippen LogP contribution is -2.30. The van der Waals surface area contributed by atoms with Gasteiger partial charge in [0, 0.05) is 11.1 Å². The van der Waals surface area contributed by atoms with Crippen LogP contribution in [0.4, 0.5) is 0 Å². The number of thioether (sulfide) groups is 1. The standard InChI is InChI=1S/C6H12BrNO2S/c7-2-4-11-3-1-5(8)6(9)10/h5H,1-4,8H2,(H,9,10)/t5-/m1/s1. The lowest BCUT2D eigenvalue weighted by atomic mass is 10.2. The van der Waals surface area contributed by atoms with Crippen molar-refractivity contribution < 1.29 is 9.90 Å². The van der Waals surface area contributed by atoms with Crippen LogP contribution in [-0.2, 0) is 4.79 Å². The molecule has 0 radical (unpaired) electrons. The number of carboxylic acid groups (broad SMARTS) is 1. The molecular weight excluding hydrogens is 230 g/mol. The summed E-state index contributed by atoms with van der Waals surface area (Å²) in [6.07, 6.45) is 0.549. The van der Waals surface area contributed by atoms with Crippen LogP contribution in [-0.4, -0.2) is 34.0 Å². The molecule has 0 aromatic heterocycles. The first-order valence-corrected chi connectivity index (χ1v) is 5.58. The third-order valence-electron chi connectivity index (χ3n) is 1.11. The van der Waals surface area contributed by atoms with Crippen LogP contribution in [0.2, 0.25) is 0 Å². The zero-order valence-corrected chi connectivity index (χ0v) is 8.53. The van der Waals surface area contributed by atoms with Gasteiger partial charge in [0.15, 0.2) is 0 Å². The number of rotatable bonds is 6. The largest absolute Gasteiger partial charge is 0.480 e. The number of carboxylic acids is 1. The van der Waals surface area contributed by atoms with E-state index in [1.54, 1.807) is 11.8 Å². The fraction of sp³-hybridized carbons (Fsp3) is 0.833. The van der Waals surface area contributed by atoms with Gasteiger partial charge < -0.3 is 10.8 Å². The van der Waals surface area contributed by atoms with Crippen molar-refractivity contribution in [3.8, 4) is 0 Å². The Morgan fingerprint density at radius 3 is 2.73 bits per heavy atom. The molecule has 0 aromatic carbocycles. The Morgan fingerprint density at radius 1 is 1.64 bits per heavy atom. The Kier molecular flexibility index (Phi) is 7.10. The van der Waals surface area contributed by atoms with Crippen LogP contribution in [0.3, 0.4) is 0 Å². The van der Waals surface area contributed by atoms with Crippen molar-refractivity contribution >= 4 is 33.7 Å². The molecule has 3 nitrogen and oxygen atoms in total. The summed E-state index contributed by atoms with van der Waals surface area (Å²) in [6.45, 7) is 0. The number of halogens is 1. The maximum absolute atomic E-state index is 10.2. The summed E-state index contributed by atoms with van der Waals surface area (Å²) in [7, 11) is 0. The highest BCUT2D eigenvalue weighted by atomic mass is 79.9. The van der Waals surface area contributed by atoms with E-state index in [-0.39, 0.29) is 0 Å². The average Bonchev–Trinajstić information content (AvgIpc) is 1.97. The maximum atomic E-state index is 10.2. The van der Waals surface area contributed by atoms with Gasteiger partial charge in [-0.2, -0.15) is 11.8 Å². The van der Waals surface area contributed by atoms with Crippen LogP contribution in [0.15, 0.2) is 0 Å². The normalized spacial score (nSPS) is 12.9. The Bertz CT molecular complexity index is 123. The Morgan fingerprint density at radius 2 is 2.27 bits per heavy atom. The van der Waals surface area contributed by atoms with E-state index < -0.39 is 12.0 Å². The van der Waals surface area contributed by atoms with E-state index >= 15 is 0 Å². The average molecular weight is 242 g/mol. The Labute approximate surface area is 78.9 Å². The van der Waals surface area contributed by atoms with Gasteiger partial charge in [0.25, 0.3) is 0 Å². The van der Waals surface area contributed by atoms with Crippen molar-refractivity contribution in [3.63, 3.8) is 0 Å². The van der Waals surface area contributed by atoms with Crippen molar-refractivity contribution in [2.75, 3.05) is 16.8 Å². The fourth-order valence-electron chi connectivity index (χ4n) is 0.490. The molecule has 0 spiro atoms. The number of hydrogen-bond acceptors (Lipinski definition) is 3. The van der Waals surface area contributed by atoms with Crippen molar-refractivity contribution in [1.29, 1.82) is 0 Å². The van der Waals surface area contributed by atoms with Gasteiger partial charge in [-0.25, -0.2) is 0 Å². The highest BCUT2D eigenvalue weighted by molar-refractivity contribution is 9.09. The molecule has 1 atom stereocenters. The summed E-state index contributed by atoms with van der Waals surface area (Å²) < 4.78 is 0. The zero-order valence-electron chi connectivity index (χ0n) is 6.12. The second-order valence-corrected chi connectivity index (χ2v) is 4.05. The molecule has 0 saturated carbocycles. The summed E-state index contributed by atoms with van der Waals surface area (Å²) in [5, 5.41) is 9.34. The zero-order chi connectivity index (χ0) is 8.69. The predicted octanol–water partition coefficient (Wildman–Crippen LogP) is 0.917. The molecule has 0 unspecified atom stereocenters. The van der Waals surface area contributed by atoms with E-state index in [4.69, 9.17) is 10.8 Å². The minimum absolute atomic E-state index is 0.549. The summed E-state index contributed by atoms with van der Waals surface area (Å²) in [5.74, 6) is 0.912. The van der Waals surface area contributed by atoms with Crippen LogP contribution in [0.25, 0.3) is 0 Å². The SMILES string of the molecule is N[C@H](CCSCCBr)C(=O)O. The molecule has 0 rings (SSSR count). The smallest absolute Gasteiger partial charge is 0.320 e. The Hall–Kier alpha value is 0.260. The molecule has 66 valence electrons. The molecule has 5 heteroatoms. The molecule has 3 N–H and O–H groups in total.